The second-order valence-corrected chi connectivity index (χ2v) is 7.07. The molecule has 7 heteroatoms. The zero-order valence-electron chi connectivity index (χ0n) is 10.3. The monoisotopic (exact) mass is 293 g/mol. The fourth-order valence-electron chi connectivity index (χ4n) is 2.46. The van der Waals surface area contributed by atoms with Gasteiger partial charge in [-0.15, -0.1) is 0 Å². The van der Waals surface area contributed by atoms with E-state index in [0.717, 1.165) is 24.8 Å². The van der Waals surface area contributed by atoms with E-state index in [0.29, 0.717) is 12.8 Å². The number of anilines is 1. The van der Waals surface area contributed by atoms with Crippen LogP contribution in [-0.4, -0.2) is 26.0 Å². The summed E-state index contributed by atoms with van der Waals surface area (Å²) in [5.74, 6) is -4.12. The van der Waals surface area contributed by atoms with Gasteiger partial charge in [-0.3, -0.25) is 0 Å². The van der Waals surface area contributed by atoms with Crippen molar-refractivity contribution in [1.82, 2.24) is 0 Å². The molecule has 0 spiro atoms. The highest BCUT2D eigenvalue weighted by Crippen LogP contribution is 2.28. The maximum Gasteiger partial charge on any atom is 0.194 e. The standard InChI is InChI=1S/C12H14F3NO2S/c1-19(17,18)11-4-2-3-10(11)16-7-5-8(13)12(15)9(14)6-7/h5-6,10-11,16H,2-4H2,1H3. The SMILES string of the molecule is CS(=O)(=O)C1CCCC1Nc1cc(F)c(F)c(F)c1. The van der Waals surface area contributed by atoms with E-state index in [9.17, 15) is 21.6 Å². The van der Waals surface area contributed by atoms with Crippen LogP contribution in [0.25, 0.3) is 0 Å². The predicted octanol–water partition coefficient (Wildman–Crippen LogP) is 2.48. The van der Waals surface area contributed by atoms with E-state index in [1.807, 2.05) is 0 Å². The topological polar surface area (TPSA) is 46.2 Å². The van der Waals surface area contributed by atoms with Crippen molar-refractivity contribution in [3.05, 3.63) is 29.6 Å². The molecule has 0 amide bonds. The minimum Gasteiger partial charge on any atom is -0.381 e. The summed E-state index contributed by atoms with van der Waals surface area (Å²) in [4.78, 5) is 0. The van der Waals surface area contributed by atoms with Crippen molar-refractivity contribution < 1.29 is 21.6 Å². The van der Waals surface area contributed by atoms with E-state index < -0.39 is 38.6 Å². The lowest BCUT2D eigenvalue weighted by Gasteiger charge is -2.20. The predicted molar refractivity (Wildman–Crippen MR) is 66.2 cm³/mol. The van der Waals surface area contributed by atoms with Gasteiger partial charge in [0, 0.05) is 30.1 Å². The molecule has 1 N–H and O–H groups in total. The summed E-state index contributed by atoms with van der Waals surface area (Å²) >= 11 is 0. The molecule has 2 atom stereocenters. The number of hydrogen-bond acceptors (Lipinski definition) is 3. The van der Waals surface area contributed by atoms with Crippen LogP contribution in [0.2, 0.25) is 0 Å². The summed E-state index contributed by atoms with van der Waals surface area (Å²) in [5.41, 5.74) is 0.0527. The van der Waals surface area contributed by atoms with Crippen molar-refractivity contribution in [1.29, 1.82) is 0 Å². The Kier molecular flexibility index (Phi) is 3.75. The van der Waals surface area contributed by atoms with Crippen LogP contribution in [0.1, 0.15) is 19.3 Å². The highest BCUT2D eigenvalue weighted by atomic mass is 32.2. The van der Waals surface area contributed by atoms with Gasteiger partial charge in [0.15, 0.2) is 27.3 Å². The van der Waals surface area contributed by atoms with Crippen molar-refractivity contribution >= 4 is 15.5 Å². The van der Waals surface area contributed by atoms with Crippen LogP contribution in [-0.2, 0) is 9.84 Å². The molecule has 0 bridgehead atoms. The average Bonchev–Trinajstić information content (AvgIpc) is 2.73. The highest BCUT2D eigenvalue weighted by Gasteiger charge is 2.34. The van der Waals surface area contributed by atoms with Crippen LogP contribution < -0.4 is 5.32 Å². The smallest absolute Gasteiger partial charge is 0.194 e. The first-order valence-corrected chi connectivity index (χ1v) is 7.84. The number of nitrogens with one attached hydrogen (secondary N) is 1. The molecule has 0 radical (unpaired) electrons. The Hall–Kier alpha value is -1.24. The average molecular weight is 293 g/mol. The fourth-order valence-corrected chi connectivity index (χ4v) is 3.85. The van der Waals surface area contributed by atoms with Crippen LogP contribution in [0.5, 0.6) is 0 Å². The van der Waals surface area contributed by atoms with Gasteiger partial charge in [0.25, 0.3) is 0 Å². The number of sulfone groups is 1. The molecule has 1 fully saturated rings. The van der Waals surface area contributed by atoms with Gasteiger partial charge in [-0.1, -0.05) is 0 Å². The van der Waals surface area contributed by atoms with Gasteiger partial charge in [-0.05, 0) is 19.3 Å². The minimum atomic E-state index is -3.22. The van der Waals surface area contributed by atoms with Crippen molar-refractivity contribution in [2.24, 2.45) is 0 Å². The van der Waals surface area contributed by atoms with Crippen LogP contribution in [0.3, 0.4) is 0 Å². The van der Waals surface area contributed by atoms with E-state index in [2.05, 4.69) is 5.32 Å². The van der Waals surface area contributed by atoms with Crippen molar-refractivity contribution in [2.45, 2.75) is 30.6 Å². The highest BCUT2D eigenvalue weighted by molar-refractivity contribution is 7.91. The van der Waals surface area contributed by atoms with Gasteiger partial charge in [-0.2, -0.15) is 0 Å². The molecule has 0 aromatic heterocycles. The Morgan fingerprint density at radius 1 is 1.16 bits per heavy atom. The van der Waals surface area contributed by atoms with Crippen molar-refractivity contribution in [2.75, 3.05) is 11.6 Å². The molecule has 1 aliphatic rings. The van der Waals surface area contributed by atoms with E-state index in [1.54, 1.807) is 0 Å². The van der Waals surface area contributed by atoms with Crippen molar-refractivity contribution in [3.63, 3.8) is 0 Å². The molecule has 2 rings (SSSR count). The molecule has 3 nitrogen and oxygen atoms in total. The van der Waals surface area contributed by atoms with Gasteiger partial charge in [0.2, 0.25) is 0 Å². The van der Waals surface area contributed by atoms with E-state index >= 15 is 0 Å². The zero-order valence-corrected chi connectivity index (χ0v) is 11.1. The Bertz CT molecular complexity index is 566. The van der Waals surface area contributed by atoms with Crippen molar-refractivity contribution in [3.8, 4) is 0 Å². The second-order valence-electron chi connectivity index (χ2n) is 4.80. The van der Waals surface area contributed by atoms with E-state index in [4.69, 9.17) is 0 Å². The Balaban J connectivity index is 2.22. The fraction of sp³-hybridized carbons (Fsp3) is 0.500. The van der Waals surface area contributed by atoms with Crippen LogP contribution in [0.4, 0.5) is 18.9 Å². The van der Waals surface area contributed by atoms with Gasteiger partial charge >= 0.3 is 0 Å². The largest absolute Gasteiger partial charge is 0.381 e. The molecule has 2 unspecified atom stereocenters. The molecule has 0 aliphatic heterocycles. The second kappa shape index (κ2) is 5.03. The Morgan fingerprint density at radius 2 is 1.74 bits per heavy atom. The maximum absolute atomic E-state index is 13.1. The Morgan fingerprint density at radius 3 is 2.26 bits per heavy atom. The molecule has 1 aromatic carbocycles. The maximum atomic E-state index is 13.1. The van der Waals surface area contributed by atoms with Crippen LogP contribution in [0, 0.1) is 17.5 Å². The number of benzene rings is 1. The first kappa shape index (κ1) is 14.2. The summed E-state index contributed by atoms with van der Waals surface area (Å²) in [6.07, 6.45) is 2.98. The van der Waals surface area contributed by atoms with E-state index in [-0.39, 0.29) is 5.69 Å². The lowest BCUT2D eigenvalue weighted by atomic mass is 10.2. The van der Waals surface area contributed by atoms with Crippen LogP contribution in [0.15, 0.2) is 12.1 Å². The summed E-state index contributed by atoms with van der Waals surface area (Å²) in [5, 5.41) is 2.20. The minimum absolute atomic E-state index is 0.0527. The number of halogens is 3. The summed E-state index contributed by atoms with van der Waals surface area (Å²) in [6.45, 7) is 0. The zero-order chi connectivity index (χ0) is 14.2. The summed E-state index contributed by atoms with van der Waals surface area (Å²) in [6, 6.07) is 1.26. The first-order valence-electron chi connectivity index (χ1n) is 5.89. The van der Waals surface area contributed by atoms with Gasteiger partial charge in [0.1, 0.15) is 0 Å². The molecule has 1 aromatic rings. The normalized spacial score (nSPS) is 23.6. The van der Waals surface area contributed by atoms with Gasteiger partial charge in [-0.25, -0.2) is 21.6 Å². The third-order valence-corrected chi connectivity index (χ3v) is 5.00. The van der Waals surface area contributed by atoms with Gasteiger partial charge < -0.3 is 5.32 Å². The first-order chi connectivity index (χ1) is 8.79. The molecular weight excluding hydrogens is 279 g/mol. The molecule has 1 aliphatic carbocycles. The lowest BCUT2D eigenvalue weighted by molar-refractivity contribution is 0.447. The van der Waals surface area contributed by atoms with Gasteiger partial charge in [0.05, 0.1) is 5.25 Å². The summed E-state index contributed by atoms with van der Waals surface area (Å²) < 4.78 is 62.1. The molecule has 0 saturated heterocycles. The lowest BCUT2D eigenvalue weighted by Crippen LogP contribution is -2.34. The number of rotatable bonds is 3. The Labute approximate surface area is 109 Å². The molecule has 19 heavy (non-hydrogen) atoms. The molecular formula is C12H14F3NO2S. The summed E-state index contributed by atoms with van der Waals surface area (Å²) in [7, 11) is -3.22. The quantitative estimate of drug-likeness (QED) is 0.871. The third-order valence-electron chi connectivity index (χ3n) is 3.34. The molecule has 1 saturated carbocycles. The third kappa shape index (κ3) is 3.02. The van der Waals surface area contributed by atoms with E-state index in [1.165, 1.54) is 0 Å². The van der Waals surface area contributed by atoms with Crippen LogP contribution >= 0.6 is 0 Å². The molecule has 106 valence electrons. The number of hydrogen-bond donors (Lipinski definition) is 1. The molecule has 0 heterocycles.